The lowest BCUT2D eigenvalue weighted by atomic mass is 9.59. The number of rotatable bonds is 3. The summed E-state index contributed by atoms with van der Waals surface area (Å²) in [6.45, 7) is 5.18. The first-order valence-corrected chi connectivity index (χ1v) is 8.37. The van der Waals surface area contributed by atoms with Gasteiger partial charge in [-0.25, -0.2) is 0 Å². The molecule has 6 atom stereocenters. The van der Waals surface area contributed by atoms with Gasteiger partial charge in [-0.05, 0) is 43.4 Å². The summed E-state index contributed by atoms with van der Waals surface area (Å²) in [5, 5.41) is 0. The van der Waals surface area contributed by atoms with Crippen molar-refractivity contribution in [1.29, 1.82) is 0 Å². The van der Waals surface area contributed by atoms with Gasteiger partial charge in [0.15, 0.2) is 0 Å². The normalized spacial score (nSPS) is 47.9. The Morgan fingerprint density at radius 3 is 2.80 bits per heavy atom. The number of ether oxygens (including phenoxy) is 2. The third-order valence-electron chi connectivity index (χ3n) is 6.56. The Kier molecular flexibility index (Phi) is 2.93. The van der Waals surface area contributed by atoms with Crippen LogP contribution in [0.15, 0.2) is 0 Å². The van der Waals surface area contributed by atoms with Crippen molar-refractivity contribution in [3.63, 3.8) is 0 Å². The molecule has 0 aromatic rings. The molecule has 3 aliphatic carbocycles. The van der Waals surface area contributed by atoms with Crippen LogP contribution >= 0.6 is 0 Å². The van der Waals surface area contributed by atoms with Gasteiger partial charge < -0.3 is 9.47 Å². The SMILES string of the molecule is CC1(C)C2OCCC2C1OC(=O)CC1CC2CCC1C2. The van der Waals surface area contributed by atoms with Gasteiger partial charge in [-0.15, -0.1) is 0 Å². The lowest BCUT2D eigenvalue weighted by Crippen LogP contribution is -2.61. The van der Waals surface area contributed by atoms with E-state index >= 15 is 0 Å². The molecule has 1 aliphatic heterocycles. The molecule has 3 nitrogen and oxygen atoms in total. The summed E-state index contributed by atoms with van der Waals surface area (Å²) >= 11 is 0. The maximum atomic E-state index is 12.3. The largest absolute Gasteiger partial charge is 0.461 e. The Balaban J connectivity index is 1.34. The first-order valence-electron chi connectivity index (χ1n) is 8.37. The lowest BCUT2D eigenvalue weighted by Gasteiger charge is -2.53. The topological polar surface area (TPSA) is 35.5 Å². The predicted molar refractivity (Wildman–Crippen MR) is 75.1 cm³/mol. The maximum absolute atomic E-state index is 12.3. The van der Waals surface area contributed by atoms with Crippen LogP contribution < -0.4 is 0 Å². The summed E-state index contributed by atoms with van der Waals surface area (Å²) in [7, 11) is 0. The van der Waals surface area contributed by atoms with Gasteiger partial charge in [0.1, 0.15) is 6.10 Å². The molecule has 0 spiro atoms. The van der Waals surface area contributed by atoms with Gasteiger partial charge in [0.05, 0.1) is 6.10 Å². The minimum Gasteiger partial charge on any atom is -0.461 e. The second kappa shape index (κ2) is 4.46. The molecule has 4 rings (SSSR count). The zero-order valence-corrected chi connectivity index (χ0v) is 12.6. The Morgan fingerprint density at radius 1 is 1.25 bits per heavy atom. The molecule has 4 aliphatic rings. The molecule has 6 unspecified atom stereocenters. The molecule has 4 fully saturated rings. The van der Waals surface area contributed by atoms with Crippen LogP contribution in [-0.4, -0.2) is 24.8 Å². The van der Waals surface area contributed by atoms with Crippen LogP contribution in [0.5, 0.6) is 0 Å². The molecule has 0 aromatic heterocycles. The van der Waals surface area contributed by atoms with E-state index in [9.17, 15) is 4.79 Å². The Bertz CT molecular complexity index is 416. The van der Waals surface area contributed by atoms with Crippen molar-refractivity contribution in [3.8, 4) is 0 Å². The second-order valence-corrected chi connectivity index (χ2v) is 8.11. The average Bonchev–Trinajstić information content (AvgIpc) is 3.11. The van der Waals surface area contributed by atoms with E-state index < -0.39 is 0 Å². The van der Waals surface area contributed by atoms with E-state index in [0.29, 0.717) is 24.4 Å². The van der Waals surface area contributed by atoms with E-state index in [0.717, 1.165) is 24.9 Å². The number of esters is 1. The van der Waals surface area contributed by atoms with Crippen molar-refractivity contribution in [3.05, 3.63) is 0 Å². The molecule has 0 aromatic carbocycles. The summed E-state index contributed by atoms with van der Waals surface area (Å²) in [4.78, 5) is 12.3. The van der Waals surface area contributed by atoms with Crippen molar-refractivity contribution < 1.29 is 14.3 Å². The van der Waals surface area contributed by atoms with Crippen molar-refractivity contribution in [2.75, 3.05) is 6.61 Å². The molecule has 1 saturated heterocycles. The molecule has 20 heavy (non-hydrogen) atoms. The van der Waals surface area contributed by atoms with E-state index in [2.05, 4.69) is 13.8 Å². The fourth-order valence-corrected chi connectivity index (χ4v) is 5.55. The Hall–Kier alpha value is -0.570. The fraction of sp³-hybridized carbons (Fsp3) is 0.941. The van der Waals surface area contributed by atoms with E-state index in [-0.39, 0.29) is 17.5 Å². The van der Waals surface area contributed by atoms with Gasteiger partial charge in [-0.1, -0.05) is 20.3 Å². The number of carbonyl (C=O) groups excluding carboxylic acids is 1. The summed E-state index contributed by atoms with van der Waals surface area (Å²) in [5.74, 6) is 2.83. The highest BCUT2D eigenvalue weighted by Crippen LogP contribution is 2.54. The summed E-state index contributed by atoms with van der Waals surface area (Å²) < 4.78 is 11.6. The van der Waals surface area contributed by atoms with Crippen molar-refractivity contribution in [1.82, 2.24) is 0 Å². The van der Waals surface area contributed by atoms with Crippen molar-refractivity contribution in [2.24, 2.45) is 29.1 Å². The van der Waals surface area contributed by atoms with Crippen molar-refractivity contribution in [2.45, 2.75) is 64.6 Å². The molecule has 3 saturated carbocycles. The molecule has 1 heterocycles. The molecule has 3 heteroatoms. The van der Waals surface area contributed by atoms with Crippen LogP contribution in [0.1, 0.15) is 52.4 Å². The predicted octanol–water partition coefficient (Wildman–Crippen LogP) is 3.17. The summed E-state index contributed by atoms with van der Waals surface area (Å²) in [6, 6.07) is 0. The summed E-state index contributed by atoms with van der Waals surface area (Å²) in [5.41, 5.74) is 0.00546. The molecular weight excluding hydrogens is 252 g/mol. The average molecular weight is 278 g/mol. The number of carbonyl (C=O) groups is 1. The molecule has 112 valence electrons. The number of hydrogen-bond acceptors (Lipinski definition) is 3. The smallest absolute Gasteiger partial charge is 0.306 e. The van der Waals surface area contributed by atoms with E-state index in [4.69, 9.17) is 9.47 Å². The highest BCUT2D eigenvalue weighted by atomic mass is 16.6. The van der Waals surface area contributed by atoms with Crippen LogP contribution in [0, 0.1) is 29.1 Å². The minimum absolute atomic E-state index is 0.00546. The Labute approximate surface area is 121 Å². The number of hydrogen-bond donors (Lipinski definition) is 0. The van der Waals surface area contributed by atoms with Crippen LogP contribution in [0.25, 0.3) is 0 Å². The van der Waals surface area contributed by atoms with Gasteiger partial charge in [-0.2, -0.15) is 0 Å². The highest BCUT2D eigenvalue weighted by Gasteiger charge is 2.61. The van der Waals surface area contributed by atoms with Crippen LogP contribution in [0.4, 0.5) is 0 Å². The third-order valence-corrected chi connectivity index (χ3v) is 6.56. The summed E-state index contributed by atoms with van der Waals surface area (Å²) in [6.07, 6.45) is 7.48. The molecule has 0 N–H and O–H groups in total. The standard InChI is InChI=1S/C17H26O3/c1-17(2)15-13(5-6-19-15)16(17)20-14(18)9-12-8-10-3-4-11(12)7-10/h10-13,15-16H,3-9H2,1-2H3. The van der Waals surface area contributed by atoms with Gasteiger partial charge in [0.2, 0.25) is 0 Å². The maximum Gasteiger partial charge on any atom is 0.306 e. The highest BCUT2D eigenvalue weighted by molar-refractivity contribution is 5.70. The zero-order chi connectivity index (χ0) is 13.9. The third kappa shape index (κ3) is 1.85. The fourth-order valence-electron chi connectivity index (χ4n) is 5.55. The van der Waals surface area contributed by atoms with Gasteiger partial charge in [0, 0.05) is 24.4 Å². The first-order chi connectivity index (χ1) is 9.55. The van der Waals surface area contributed by atoms with Gasteiger partial charge >= 0.3 is 5.97 Å². The van der Waals surface area contributed by atoms with Gasteiger partial charge in [-0.3, -0.25) is 4.79 Å². The van der Waals surface area contributed by atoms with Gasteiger partial charge in [0.25, 0.3) is 0 Å². The molecule has 0 amide bonds. The second-order valence-electron chi connectivity index (χ2n) is 8.11. The molecule has 2 bridgehead atoms. The first kappa shape index (κ1) is 13.1. The Morgan fingerprint density at radius 2 is 2.10 bits per heavy atom. The number of fused-ring (bicyclic) bond motifs is 3. The van der Waals surface area contributed by atoms with Crippen molar-refractivity contribution >= 4 is 5.97 Å². The quantitative estimate of drug-likeness (QED) is 0.744. The van der Waals surface area contributed by atoms with Crippen LogP contribution in [0.3, 0.4) is 0 Å². The minimum atomic E-state index is 0.00546. The van der Waals surface area contributed by atoms with Crippen LogP contribution in [0.2, 0.25) is 0 Å². The molecule has 0 radical (unpaired) electrons. The zero-order valence-electron chi connectivity index (χ0n) is 12.6. The van der Waals surface area contributed by atoms with E-state index in [1.165, 1.54) is 25.7 Å². The van der Waals surface area contributed by atoms with E-state index in [1.54, 1.807) is 0 Å². The molecular formula is C17H26O3. The monoisotopic (exact) mass is 278 g/mol. The van der Waals surface area contributed by atoms with E-state index in [1.807, 2.05) is 0 Å². The van der Waals surface area contributed by atoms with Crippen LogP contribution in [-0.2, 0) is 14.3 Å². The lowest BCUT2D eigenvalue weighted by molar-refractivity contribution is -0.210.